The number of carbonyl (C=O) groups excluding carboxylic acids is 3. The van der Waals surface area contributed by atoms with E-state index in [4.69, 9.17) is 14.2 Å². The SMILES string of the molecule is CCCCCCCCCCCCCCCCCCCCCC(=O)O[C@H](COC(=O)CCCCCCCCCCCCCC)COC(=O)CCCCCCCCCCCCCCCCCC. The van der Waals surface area contributed by atoms with Gasteiger partial charge in [0.15, 0.2) is 6.10 Å². The second kappa shape index (κ2) is 55.0. The van der Waals surface area contributed by atoms with Gasteiger partial charge in [0.25, 0.3) is 0 Å². The van der Waals surface area contributed by atoms with Crippen LogP contribution in [0.5, 0.6) is 0 Å². The number of rotatable bonds is 55. The summed E-state index contributed by atoms with van der Waals surface area (Å²) in [6.45, 7) is 6.71. The normalized spacial score (nSPS) is 11.9. The van der Waals surface area contributed by atoms with E-state index in [2.05, 4.69) is 20.8 Å². The molecule has 0 fully saturated rings. The lowest BCUT2D eigenvalue weighted by atomic mass is 10.0. The van der Waals surface area contributed by atoms with Crippen LogP contribution in [0.4, 0.5) is 0 Å². The van der Waals surface area contributed by atoms with E-state index in [1.165, 1.54) is 244 Å². The first-order valence-electron chi connectivity index (χ1n) is 29.5. The molecule has 0 N–H and O–H groups in total. The average molecular weight is 920 g/mol. The van der Waals surface area contributed by atoms with Crippen LogP contribution in [0.25, 0.3) is 0 Å². The molecule has 0 aromatic rings. The Balaban J connectivity index is 4.26. The van der Waals surface area contributed by atoms with Crippen LogP contribution >= 0.6 is 0 Å². The molecule has 0 aliphatic carbocycles. The zero-order chi connectivity index (χ0) is 47.2. The Morgan fingerprint density at radius 1 is 0.246 bits per heavy atom. The van der Waals surface area contributed by atoms with E-state index in [0.717, 1.165) is 57.8 Å². The summed E-state index contributed by atoms with van der Waals surface area (Å²) in [6.07, 6.45) is 60.9. The van der Waals surface area contributed by atoms with E-state index in [1.807, 2.05) is 0 Å². The molecule has 0 amide bonds. The topological polar surface area (TPSA) is 78.9 Å². The van der Waals surface area contributed by atoms with Crippen molar-refractivity contribution in [3.8, 4) is 0 Å². The van der Waals surface area contributed by atoms with Gasteiger partial charge < -0.3 is 14.2 Å². The maximum absolute atomic E-state index is 12.9. The Morgan fingerprint density at radius 3 is 0.615 bits per heavy atom. The Hall–Kier alpha value is -1.59. The minimum Gasteiger partial charge on any atom is -0.462 e. The molecule has 0 spiro atoms. The van der Waals surface area contributed by atoms with Crippen molar-refractivity contribution in [2.24, 2.45) is 0 Å². The molecule has 386 valence electrons. The lowest BCUT2D eigenvalue weighted by Crippen LogP contribution is -2.30. The third kappa shape index (κ3) is 53.2. The van der Waals surface area contributed by atoms with Crippen molar-refractivity contribution in [3.05, 3.63) is 0 Å². The summed E-state index contributed by atoms with van der Waals surface area (Å²) in [4.78, 5) is 38.1. The first-order chi connectivity index (χ1) is 32.0. The Kier molecular flexibility index (Phi) is 53.7. The van der Waals surface area contributed by atoms with Crippen molar-refractivity contribution in [2.75, 3.05) is 13.2 Å². The second-order valence-electron chi connectivity index (χ2n) is 20.3. The molecule has 0 radical (unpaired) electrons. The molecule has 6 nitrogen and oxygen atoms in total. The van der Waals surface area contributed by atoms with Crippen molar-refractivity contribution in [2.45, 2.75) is 348 Å². The molecule has 0 saturated carbocycles. The highest BCUT2D eigenvalue weighted by Crippen LogP contribution is 2.18. The third-order valence-corrected chi connectivity index (χ3v) is 13.6. The number of esters is 3. The maximum atomic E-state index is 12.9. The second-order valence-corrected chi connectivity index (χ2v) is 20.3. The summed E-state index contributed by atoms with van der Waals surface area (Å²) in [5, 5.41) is 0. The molecular formula is C59H114O6. The largest absolute Gasteiger partial charge is 0.462 e. The summed E-state index contributed by atoms with van der Waals surface area (Å²) in [5.74, 6) is -0.831. The van der Waals surface area contributed by atoms with E-state index in [0.29, 0.717) is 19.3 Å². The number of hydrogen-bond donors (Lipinski definition) is 0. The summed E-state index contributed by atoms with van der Waals surface area (Å²) in [6, 6.07) is 0. The van der Waals surface area contributed by atoms with Crippen LogP contribution in [0.3, 0.4) is 0 Å². The lowest BCUT2D eigenvalue weighted by molar-refractivity contribution is -0.167. The van der Waals surface area contributed by atoms with Gasteiger partial charge in [-0.1, -0.05) is 303 Å². The maximum Gasteiger partial charge on any atom is 0.306 e. The predicted molar refractivity (Wildman–Crippen MR) is 280 cm³/mol. The summed E-state index contributed by atoms with van der Waals surface area (Å²) >= 11 is 0. The smallest absolute Gasteiger partial charge is 0.306 e. The number of carbonyl (C=O) groups is 3. The van der Waals surface area contributed by atoms with Gasteiger partial charge >= 0.3 is 17.9 Å². The van der Waals surface area contributed by atoms with Gasteiger partial charge in [-0.25, -0.2) is 0 Å². The van der Waals surface area contributed by atoms with E-state index < -0.39 is 6.10 Å². The molecule has 0 rings (SSSR count). The highest BCUT2D eigenvalue weighted by Gasteiger charge is 2.19. The molecule has 0 unspecified atom stereocenters. The van der Waals surface area contributed by atoms with Gasteiger partial charge in [-0.3, -0.25) is 14.4 Å². The van der Waals surface area contributed by atoms with Crippen LogP contribution in [-0.4, -0.2) is 37.2 Å². The minimum absolute atomic E-state index is 0.0610. The average Bonchev–Trinajstić information content (AvgIpc) is 3.30. The number of hydrogen-bond acceptors (Lipinski definition) is 6. The fourth-order valence-electron chi connectivity index (χ4n) is 9.15. The molecule has 0 aliphatic rings. The van der Waals surface area contributed by atoms with Crippen molar-refractivity contribution in [3.63, 3.8) is 0 Å². The third-order valence-electron chi connectivity index (χ3n) is 13.6. The van der Waals surface area contributed by atoms with Crippen molar-refractivity contribution >= 4 is 17.9 Å². The Labute approximate surface area is 406 Å². The monoisotopic (exact) mass is 919 g/mol. The van der Waals surface area contributed by atoms with Crippen LogP contribution in [-0.2, 0) is 28.6 Å². The van der Waals surface area contributed by atoms with Gasteiger partial charge in [0, 0.05) is 19.3 Å². The fraction of sp³-hybridized carbons (Fsp3) is 0.949. The first-order valence-corrected chi connectivity index (χ1v) is 29.5. The van der Waals surface area contributed by atoms with Gasteiger partial charge in [-0.05, 0) is 19.3 Å². The van der Waals surface area contributed by atoms with E-state index in [-0.39, 0.29) is 31.1 Å². The molecule has 65 heavy (non-hydrogen) atoms. The van der Waals surface area contributed by atoms with Gasteiger partial charge in [-0.15, -0.1) is 0 Å². The van der Waals surface area contributed by atoms with Gasteiger partial charge in [0.05, 0.1) is 0 Å². The standard InChI is InChI=1S/C59H114O6/c1-4-7-10-13-16-19-22-25-27-29-30-31-33-35-38-41-44-47-50-53-59(62)65-56(54-63-57(60)51-48-45-42-39-36-24-21-18-15-12-9-6-3)55-64-58(61)52-49-46-43-40-37-34-32-28-26-23-20-17-14-11-8-5-2/h56H,4-55H2,1-3H3/t56-/m1/s1. The van der Waals surface area contributed by atoms with E-state index in [1.54, 1.807) is 0 Å². The highest BCUT2D eigenvalue weighted by molar-refractivity contribution is 5.71. The summed E-state index contributed by atoms with van der Waals surface area (Å²) in [5.41, 5.74) is 0. The van der Waals surface area contributed by atoms with Crippen molar-refractivity contribution < 1.29 is 28.6 Å². The Morgan fingerprint density at radius 2 is 0.415 bits per heavy atom. The molecule has 6 heteroatoms. The molecule has 0 aromatic heterocycles. The molecule has 0 aromatic carbocycles. The quantitative estimate of drug-likeness (QED) is 0.0344. The minimum atomic E-state index is -0.761. The van der Waals surface area contributed by atoms with Crippen LogP contribution in [0, 0.1) is 0 Å². The van der Waals surface area contributed by atoms with Crippen molar-refractivity contribution in [1.82, 2.24) is 0 Å². The van der Waals surface area contributed by atoms with Crippen LogP contribution < -0.4 is 0 Å². The number of unbranched alkanes of at least 4 members (excludes halogenated alkanes) is 44. The molecule has 0 heterocycles. The van der Waals surface area contributed by atoms with Gasteiger partial charge in [0.2, 0.25) is 0 Å². The molecule has 1 atom stereocenters. The summed E-state index contributed by atoms with van der Waals surface area (Å²) in [7, 11) is 0. The zero-order valence-corrected chi connectivity index (χ0v) is 44.3. The first kappa shape index (κ1) is 63.4. The fourth-order valence-corrected chi connectivity index (χ4v) is 9.15. The summed E-state index contributed by atoms with van der Waals surface area (Å²) < 4.78 is 16.9. The molecule has 0 bridgehead atoms. The van der Waals surface area contributed by atoms with E-state index in [9.17, 15) is 14.4 Å². The predicted octanol–water partition coefficient (Wildman–Crippen LogP) is 19.5. The molecular weight excluding hydrogens is 805 g/mol. The Bertz CT molecular complexity index is 967. The van der Waals surface area contributed by atoms with Crippen LogP contribution in [0.15, 0.2) is 0 Å². The van der Waals surface area contributed by atoms with Crippen LogP contribution in [0.2, 0.25) is 0 Å². The van der Waals surface area contributed by atoms with Crippen LogP contribution in [0.1, 0.15) is 342 Å². The number of ether oxygens (including phenoxy) is 3. The van der Waals surface area contributed by atoms with Crippen molar-refractivity contribution in [1.29, 1.82) is 0 Å². The van der Waals surface area contributed by atoms with Gasteiger partial charge in [0.1, 0.15) is 13.2 Å². The molecule has 0 aliphatic heterocycles. The van der Waals surface area contributed by atoms with Gasteiger partial charge in [-0.2, -0.15) is 0 Å². The highest BCUT2D eigenvalue weighted by atomic mass is 16.6. The zero-order valence-electron chi connectivity index (χ0n) is 44.3. The molecule has 0 saturated heterocycles. The van der Waals surface area contributed by atoms with E-state index >= 15 is 0 Å². The lowest BCUT2D eigenvalue weighted by Gasteiger charge is -2.18.